The van der Waals surface area contributed by atoms with Crippen LogP contribution in [-0.2, 0) is 24.3 Å². The molecule has 0 saturated carbocycles. The van der Waals surface area contributed by atoms with E-state index < -0.39 is 0 Å². The summed E-state index contributed by atoms with van der Waals surface area (Å²) in [4.78, 5) is 12.5. The van der Waals surface area contributed by atoms with Crippen LogP contribution in [0.15, 0.2) is 78.5 Å². The average molecular weight is 393 g/mol. The highest BCUT2D eigenvalue weighted by molar-refractivity contribution is 8.00. The zero-order chi connectivity index (χ0) is 19.8. The van der Waals surface area contributed by atoms with Gasteiger partial charge in [0.05, 0.1) is 5.25 Å². The monoisotopic (exact) mass is 392 g/mol. The summed E-state index contributed by atoms with van der Waals surface area (Å²) in [6.45, 7) is 6.84. The summed E-state index contributed by atoms with van der Waals surface area (Å²) < 4.78 is 2.02. The molecule has 1 unspecified atom stereocenters. The van der Waals surface area contributed by atoms with Gasteiger partial charge in [-0.25, -0.2) is 0 Å². The molecule has 1 atom stereocenters. The SMILES string of the molecule is C=CCn1c(Cc2ccccc2)nnc1SC(C)C(=O)NCc1ccccc1. The molecule has 1 heterocycles. The van der Waals surface area contributed by atoms with Crippen LogP contribution in [0.5, 0.6) is 0 Å². The molecule has 2 aromatic carbocycles. The molecular formula is C22H24N4OS. The molecule has 0 spiro atoms. The van der Waals surface area contributed by atoms with Crippen molar-refractivity contribution in [3.63, 3.8) is 0 Å². The second-order valence-electron chi connectivity index (χ2n) is 6.42. The van der Waals surface area contributed by atoms with Crippen LogP contribution in [0.3, 0.4) is 0 Å². The first-order chi connectivity index (χ1) is 13.7. The van der Waals surface area contributed by atoms with Crippen LogP contribution >= 0.6 is 11.8 Å². The lowest BCUT2D eigenvalue weighted by Crippen LogP contribution is -2.30. The lowest BCUT2D eigenvalue weighted by molar-refractivity contribution is -0.120. The van der Waals surface area contributed by atoms with Crippen LogP contribution in [0.1, 0.15) is 23.9 Å². The van der Waals surface area contributed by atoms with Crippen molar-refractivity contribution in [1.29, 1.82) is 0 Å². The molecule has 28 heavy (non-hydrogen) atoms. The number of aromatic nitrogens is 3. The number of benzene rings is 2. The zero-order valence-electron chi connectivity index (χ0n) is 15.9. The topological polar surface area (TPSA) is 59.8 Å². The van der Waals surface area contributed by atoms with Gasteiger partial charge in [0.2, 0.25) is 5.91 Å². The van der Waals surface area contributed by atoms with Crippen LogP contribution in [0.25, 0.3) is 0 Å². The van der Waals surface area contributed by atoms with Crippen LogP contribution in [0.4, 0.5) is 0 Å². The Morgan fingerprint density at radius 1 is 1.11 bits per heavy atom. The molecule has 3 aromatic rings. The maximum atomic E-state index is 12.5. The van der Waals surface area contributed by atoms with E-state index >= 15 is 0 Å². The normalized spacial score (nSPS) is 11.8. The fourth-order valence-electron chi connectivity index (χ4n) is 2.77. The van der Waals surface area contributed by atoms with Crippen molar-refractivity contribution >= 4 is 17.7 Å². The largest absolute Gasteiger partial charge is 0.351 e. The quantitative estimate of drug-likeness (QED) is 0.444. The molecule has 3 rings (SSSR count). The van der Waals surface area contributed by atoms with Crippen LogP contribution < -0.4 is 5.32 Å². The first-order valence-electron chi connectivity index (χ1n) is 9.22. The molecule has 0 aliphatic carbocycles. The third-order valence-corrected chi connectivity index (χ3v) is 5.35. The fourth-order valence-corrected chi connectivity index (χ4v) is 3.67. The van der Waals surface area contributed by atoms with Gasteiger partial charge >= 0.3 is 0 Å². The van der Waals surface area contributed by atoms with Crippen molar-refractivity contribution in [2.24, 2.45) is 0 Å². The van der Waals surface area contributed by atoms with Gasteiger partial charge < -0.3 is 9.88 Å². The molecule has 0 aliphatic heterocycles. The predicted molar refractivity (Wildman–Crippen MR) is 113 cm³/mol. The first kappa shape index (κ1) is 19.9. The van der Waals surface area contributed by atoms with Crippen molar-refractivity contribution in [2.45, 2.75) is 36.8 Å². The maximum Gasteiger partial charge on any atom is 0.233 e. The molecule has 1 N–H and O–H groups in total. The maximum absolute atomic E-state index is 12.5. The zero-order valence-corrected chi connectivity index (χ0v) is 16.7. The van der Waals surface area contributed by atoms with Crippen molar-refractivity contribution < 1.29 is 4.79 Å². The molecule has 144 valence electrons. The van der Waals surface area contributed by atoms with Gasteiger partial charge in [-0.3, -0.25) is 4.79 Å². The van der Waals surface area contributed by atoms with E-state index in [9.17, 15) is 4.79 Å². The molecule has 0 fully saturated rings. The van der Waals surface area contributed by atoms with Gasteiger partial charge in [0.25, 0.3) is 0 Å². The minimum absolute atomic E-state index is 0.0217. The van der Waals surface area contributed by atoms with E-state index in [0.717, 1.165) is 16.5 Å². The Balaban J connectivity index is 1.65. The van der Waals surface area contributed by atoms with E-state index in [1.54, 1.807) is 0 Å². The van der Waals surface area contributed by atoms with Crippen LogP contribution in [0, 0.1) is 0 Å². The lowest BCUT2D eigenvalue weighted by atomic mass is 10.1. The summed E-state index contributed by atoms with van der Waals surface area (Å²) in [5, 5.41) is 12.1. The number of carbonyl (C=O) groups excluding carboxylic acids is 1. The van der Waals surface area contributed by atoms with Crippen molar-refractivity contribution in [3.8, 4) is 0 Å². The minimum atomic E-state index is -0.277. The van der Waals surface area contributed by atoms with Gasteiger partial charge in [0, 0.05) is 19.5 Å². The molecular weight excluding hydrogens is 368 g/mol. The molecule has 1 amide bonds. The molecule has 5 nitrogen and oxygen atoms in total. The predicted octanol–water partition coefficient (Wildman–Crippen LogP) is 3.85. The van der Waals surface area contributed by atoms with E-state index in [0.29, 0.717) is 19.5 Å². The van der Waals surface area contributed by atoms with Crippen LogP contribution in [-0.4, -0.2) is 25.9 Å². The van der Waals surface area contributed by atoms with Crippen LogP contribution in [0.2, 0.25) is 0 Å². The average Bonchev–Trinajstić information content (AvgIpc) is 3.09. The van der Waals surface area contributed by atoms with Gasteiger partial charge in [-0.15, -0.1) is 16.8 Å². The van der Waals surface area contributed by atoms with Crippen molar-refractivity contribution in [2.75, 3.05) is 0 Å². The number of hydrogen-bond acceptors (Lipinski definition) is 4. The number of carbonyl (C=O) groups is 1. The van der Waals surface area contributed by atoms with Gasteiger partial charge in [-0.05, 0) is 18.1 Å². The van der Waals surface area contributed by atoms with E-state index in [1.165, 1.54) is 17.3 Å². The molecule has 1 aromatic heterocycles. The Hall–Kier alpha value is -2.86. The van der Waals surface area contributed by atoms with Crippen molar-refractivity contribution in [3.05, 3.63) is 90.3 Å². The standard InChI is InChI=1S/C22H24N4OS/c1-3-14-26-20(15-18-10-6-4-7-11-18)24-25-22(26)28-17(2)21(27)23-16-19-12-8-5-9-13-19/h3-13,17H,1,14-16H2,2H3,(H,23,27). The summed E-state index contributed by atoms with van der Waals surface area (Å²) >= 11 is 1.41. The fraction of sp³-hybridized carbons (Fsp3) is 0.227. The van der Waals surface area contributed by atoms with E-state index in [4.69, 9.17) is 0 Å². The summed E-state index contributed by atoms with van der Waals surface area (Å²) in [5.74, 6) is 0.845. The summed E-state index contributed by atoms with van der Waals surface area (Å²) in [5.41, 5.74) is 2.25. The second-order valence-corrected chi connectivity index (χ2v) is 7.73. The Kier molecular flexibility index (Phi) is 7.03. The Labute approximate surface area is 169 Å². The third-order valence-electron chi connectivity index (χ3n) is 4.27. The molecule has 0 aliphatic rings. The highest BCUT2D eigenvalue weighted by Gasteiger charge is 2.19. The highest BCUT2D eigenvalue weighted by atomic mass is 32.2. The van der Waals surface area contributed by atoms with Gasteiger partial charge in [0.1, 0.15) is 5.82 Å². The van der Waals surface area contributed by atoms with E-state index in [1.807, 2.05) is 66.1 Å². The molecule has 6 heteroatoms. The molecule has 0 bridgehead atoms. The smallest absolute Gasteiger partial charge is 0.233 e. The molecule has 0 saturated heterocycles. The number of allylic oxidation sites excluding steroid dienone is 1. The Morgan fingerprint density at radius 3 is 2.39 bits per heavy atom. The van der Waals surface area contributed by atoms with Gasteiger partial charge in [-0.2, -0.15) is 0 Å². The number of amides is 1. The number of rotatable bonds is 9. The highest BCUT2D eigenvalue weighted by Crippen LogP contribution is 2.23. The summed E-state index contributed by atoms with van der Waals surface area (Å²) in [7, 11) is 0. The third kappa shape index (κ3) is 5.33. The second kappa shape index (κ2) is 9.90. The van der Waals surface area contributed by atoms with Crippen molar-refractivity contribution in [1.82, 2.24) is 20.1 Å². The van der Waals surface area contributed by atoms with E-state index in [2.05, 4.69) is 34.2 Å². The first-order valence-corrected chi connectivity index (χ1v) is 10.1. The van der Waals surface area contributed by atoms with Gasteiger partial charge in [-0.1, -0.05) is 78.5 Å². The summed E-state index contributed by atoms with van der Waals surface area (Å²) in [6.07, 6.45) is 2.51. The minimum Gasteiger partial charge on any atom is -0.351 e. The number of thioether (sulfide) groups is 1. The van der Waals surface area contributed by atoms with E-state index in [-0.39, 0.29) is 11.2 Å². The number of nitrogens with one attached hydrogen (secondary N) is 1. The number of hydrogen-bond donors (Lipinski definition) is 1. The lowest BCUT2D eigenvalue weighted by Gasteiger charge is -2.13. The summed E-state index contributed by atoms with van der Waals surface area (Å²) in [6, 6.07) is 20.0. The molecule has 0 radical (unpaired) electrons. The van der Waals surface area contributed by atoms with Gasteiger partial charge in [0.15, 0.2) is 5.16 Å². The number of nitrogens with zero attached hydrogens (tertiary/aromatic N) is 3. The Morgan fingerprint density at radius 2 is 1.75 bits per heavy atom. The Bertz CT molecular complexity index is 909.